The lowest BCUT2D eigenvalue weighted by Gasteiger charge is -2.45. The summed E-state index contributed by atoms with van der Waals surface area (Å²) in [5, 5.41) is 19.5. The highest BCUT2D eigenvalue weighted by atomic mass is 16.6. The molecule has 6 nitrogen and oxygen atoms in total. The third-order valence-electron chi connectivity index (χ3n) is 5.40. The van der Waals surface area contributed by atoms with Gasteiger partial charge in [-0.25, -0.2) is 9.59 Å². The summed E-state index contributed by atoms with van der Waals surface area (Å²) in [6, 6.07) is 15.8. The van der Waals surface area contributed by atoms with Crippen LogP contribution >= 0.6 is 0 Å². The monoisotopic (exact) mass is 397 g/mol. The van der Waals surface area contributed by atoms with Crippen LogP contribution in [0.1, 0.15) is 61.1 Å². The lowest BCUT2D eigenvalue weighted by atomic mass is 9.80. The standard InChI is InChI=1S/C23H27NO5/c1-16(17-9-11-18(12-10-17)20(25)26)24-14-13-23(29-21(24)27,15-22(2,3)28)19-7-5-4-6-8-19/h4-12,16,28H,13-15H2,1-3H3,(H,25,26)/t16-,23-/m0/s1. The van der Waals surface area contributed by atoms with Crippen molar-refractivity contribution in [3.63, 3.8) is 0 Å². The number of amides is 1. The molecule has 1 aliphatic rings. The molecule has 29 heavy (non-hydrogen) atoms. The first kappa shape index (κ1) is 20.9. The fraction of sp³-hybridized carbons (Fsp3) is 0.391. The Labute approximate surface area is 170 Å². The molecule has 1 aliphatic heterocycles. The zero-order chi connectivity index (χ0) is 21.2. The van der Waals surface area contributed by atoms with Gasteiger partial charge in [-0.15, -0.1) is 0 Å². The predicted molar refractivity (Wildman–Crippen MR) is 109 cm³/mol. The first-order valence-electron chi connectivity index (χ1n) is 9.72. The second-order valence-corrected chi connectivity index (χ2v) is 8.26. The number of hydrogen-bond donors (Lipinski definition) is 2. The summed E-state index contributed by atoms with van der Waals surface area (Å²) in [6.45, 7) is 5.78. The van der Waals surface area contributed by atoms with Crippen molar-refractivity contribution < 1.29 is 24.5 Å². The molecule has 2 atom stereocenters. The van der Waals surface area contributed by atoms with Crippen molar-refractivity contribution in [1.82, 2.24) is 4.90 Å². The number of ether oxygens (including phenoxy) is 1. The average molecular weight is 397 g/mol. The second kappa shape index (κ2) is 7.87. The third kappa shape index (κ3) is 4.59. The Bertz CT molecular complexity index is 872. The Balaban J connectivity index is 1.83. The molecule has 0 spiro atoms. The van der Waals surface area contributed by atoms with E-state index in [2.05, 4.69) is 0 Å². The van der Waals surface area contributed by atoms with Gasteiger partial charge in [-0.3, -0.25) is 0 Å². The van der Waals surface area contributed by atoms with Crippen molar-refractivity contribution in [1.29, 1.82) is 0 Å². The fourth-order valence-corrected chi connectivity index (χ4v) is 3.98. The normalized spacial score (nSPS) is 20.8. The summed E-state index contributed by atoms with van der Waals surface area (Å²) in [6.07, 6.45) is 0.398. The molecule has 0 radical (unpaired) electrons. The topological polar surface area (TPSA) is 87.1 Å². The Morgan fingerprint density at radius 1 is 1.17 bits per heavy atom. The van der Waals surface area contributed by atoms with Gasteiger partial charge in [0.25, 0.3) is 0 Å². The largest absolute Gasteiger partial charge is 0.478 e. The van der Waals surface area contributed by atoms with Crippen LogP contribution in [0.5, 0.6) is 0 Å². The van der Waals surface area contributed by atoms with Crippen molar-refractivity contribution in [3.05, 3.63) is 71.3 Å². The van der Waals surface area contributed by atoms with E-state index >= 15 is 0 Å². The van der Waals surface area contributed by atoms with Crippen LogP contribution < -0.4 is 0 Å². The molecule has 3 rings (SSSR count). The Kier molecular flexibility index (Phi) is 5.66. The van der Waals surface area contributed by atoms with Gasteiger partial charge in [0, 0.05) is 19.4 Å². The zero-order valence-electron chi connectivity index (χ0n) is 17.0. The zero-order valence-corrected chi connectivity index (χ0v) is 17.0. The number of carbonyl (C=O) groups excluding carboxylic acids is 1. The van der Waals surface area contributed by atoms with Gasteiger partial charge in [-0.2, -0.15) is 0 Å². The van der Waals surface area contributed by atoms with E-state index in [-0.39, 0.29) is 11.6 Å². The lowest BCUT2D eigenvalue weighted by Crippen LogP contribution is -2.51. The van der Waals surface area contributed by atoms with Crippen LogP contribution in [0, 0.1) is 0 Å². The quantitative estimate of drug-likeness (QED) is 0.757. The molecular formula is C23H27NO5. The molecule has 2 aromatic rings. The summed E-state index contributed by atoms with van der Waals surface area (Å²) in [4.78, 5) is 25.7. The van der Waals surface area contributed by atoms with Gasteiger partial charge in [0.15, 0.2) is 0 Å². The maximum atomic E-state index is 13.0. The Morgan fingerprint density at radius 3 is 2.31 bits per heavy atom. The van der Waals surface area contributed by atoms with E-state index in [1.807, 2.05) is 37.3 Å². The number of carbonyl (C=O) groups is 2. The van der Waals surface area contributed by atoms with E-state index < -0.39 is 23.3 Å². The molecule has 1 heterocycles. The molecule has 1 amide bonds. The van der Waals surface area contributed by atoms with Crippen LogP contribution in [0.25, 0.3) is 0 Å². The highest BCUT2D eigenvalue weighted by Crippen LogP contribution is 2.42. The highest BCUT2D eigenvalue weighted by molar-refractivity contribution is 5.87. The van der Waals surface area contributed by atoms with E-state index in [0.29, 0.717) is 19.4 Å². The van der Waals surface area contributed by atoms with Crippen molar-refractivity contribution in [2.75, 3.05) is 6.54 Å². The maximum absolute atomic E-state index is 13.0. The number of cyclic esters (lactones) is 1. The molecule has 0 saturated carbocycles. The van der Waals surface area contributed by atoms with E-state index in [4.69, 9.17) is 9.84 Å². The van der Waals surface area contributed by atoms with E-state index in [1.165, 1.54) is 12.1 Å². The molecule has 154 valence electrons. The molecule has 2 N–H and O–H groups in total. The molecule has 1 fully saturated rings. The molecular weight excluding hydrogens is 370 g/mol. The van der Waals surface area contributed by atoms with Crippen LogP contribution in [0.15, 0.2) is 54.6 Å². The number of nitrogens with zero attached hydrogens (tertiary/aromatic N) is 1. The molecule has 1 saturated heterocycles. The molecule has 0 bridgehead atoms. The SMILES string of the molecule is C[C@@H](c1ccc(C(=O)O)cc1)N1CC[C@](CC(C)(C)O)(c2ccccc2)OC1=O. The smallest absolute Gasteiger partial charge is 0.411 e. The number of hydrogen-bond acceptors (Lipinski definition) is 4. The van der Waals surface area contributed by atoms with E-state index in [9.17, 15) is 14.7 Å². The molecule has 0 aliphatic carbocycles. The van der Waals surface area contributed by atoms with Crippen LogP contribution in [0.4, 0.5) is 4.79 Å². The number of carboxylic acids is 1. The average Bonchev–Trinajstić information content (AvgIpc) is 2.67. The molecule has 6 heteroatoms. The number of carboxylic acid groups (broad SMARTS) is 1. The first-order valence-corrected chi connectivity index (χ1v) is 9.72. The second-order valence-electron chi connectivity index (χ2n) is 8.26. The third-order valence-corrected chi connectivity index (χ3v) is 5.40. The lowest BCUT2D eigenvalue weighted by molar-refractivity contribution is -0.101. The Morgan fingerprint density at radius 2 is 1.79 bits per heavy atom. The number of benzene rings is 2. The summed E-state index contributed by atoms with van der Waals surface area (Å²) >= 11 is 0. The van der Waals surface area contributed by atoms with Crippen molar-refractivity contribution in [2.24, 2.45) is 0 Å². The molecule has 0 aromatic heterocycles. The molecule has 2 aromatic carbocycles. The van der Waals surface area contributed by atoms with Crippen molar-refractivity contribution in [2.45, 2.75) is 50.9 Å². The van der Waals surface area contributed by atoms with Gasteiger partial charge in [0.2, 0.25) is 0 Å². The minimum absolute atomic E-state index is 0.204. The minimum Gasteiger partial charge on any atom is -0.478 e. The summed E-state index contributed by atoms with van der Waals surface area (Å²) < 4.78 is 5.99. The van der Waals surface area contributed by atoms with E-state index in [0.717, 1.165) is 11.1 Å². The van der Waals surface area contributed by atoms with Gasteiger partial charge in [-0.1, -0.05) is 42.5 Å². The van der Waals surface area contributed by atoms with Crippen LogP contribution in [-0.2, 0) is 10.3 Å². The molecule has 0 unspecified atom stereocenters. The maximum Gasteiger partial charge on any atom is 0.411 e. The van der Waals surface area contributed by atoms with E-state index in [1.54, 1.807) is 30.9 Å². The summed E-state index contributed by atoms with van der Waals surface area (Å²) in [7, 11) is 0. The summed E-state index contributed by atoms with van der Waals surface area (Å²) in [5.74, 6) is -0.985. The predicted octanol–water partition coefficient (Wildman–Crippen LogP) is 4.34. The first-order chi connectivity index (χ1) is 13.6. The number of aliphatic hydroxyl groups is 1. The number of rotatable bonds is 6. The van der Waals surface area contributed by atoms with Gasteiger partial charge < -0.3 is 19.8 Å². The van der Waals surface area contributed by atoms with Gasteiger partial charge in [-0.05, 0) is 44.0 Å². The fourth-order valence-electron chi connectivity index (χ4n) is 3.98. The van der Waals surface area contributed by atoms with Gasteiger partial charge in [0.05, 0.1) is 17.2 Å². The highest BCUT2D eigenvalue weighted by Gasteiger charge is 2.46. The van der Waals surface area contributed by atoms with Crippen LogP contribution in [-0.4, -0.2) is 39.3 Å². The van der Waals surface area contributed by atoms with Crippen LogP contribution in [0.3, 0.4) is 0 Å². The minimum atomic E-state index is -1.00. The summed E-state index contributed by atoms with van der Waals surface area (Å²) in [5.41, 5.74) is 0.0157. The van der Waals surface area contributed by atoms with Crippen molar-refractivity contribution in [3.8, 4) is 0 Å². The Hall–Kier alpha value is -2.86. The van der Waals surface area contributed by atoms with Crippen molar-refractivity contribution >= 4 is 12.1 Å². The van der Waals surface area contributed by atoms with Gasteiger partial charge >= 0.3 is 12.1 Å². The van der Waals surface area contributed by atoms with Crippen LogP contribution in [0.2, 0.25) is 0 Å². The van der Waals surface area contributed by atoms with Gasteiger partial charge in [0.1, 0.15) is 5.60 Å². The number of aromatic carboxylic acids is 1.